The summed E-state index contributed by atoms with van der Waals surface area (Å²) in [4.78, 5) is 26.9. The van der Waals surface area contributed by atoms with Crippen molar-refractivity contribution in [2.24, 2.45) is 11.3 Å². The Morgan fingerprint density at radius 2 is 1.92 bits per heavy atom. The van der Waals surface area contributed by atoms with E-state index >= 15 is 0 Å². The third-order valence-corrected chi connectivity index (χ3v) is 6.02. The number of halogens is 2. The predicted molar refractivity (Wildman–Crippen MR) is 100 cm³/mol. The molecule has 25 heavy (non-hydrogen) atoms. The van der Waals surface area contributed by atoms with E-state index in [0.717, 1.165) is 38.0 Å². The summed E-state index contributed by atoms with van der Waals surface area (Å²) in [6, 6.07) is 6.85. The Morgan fingerprint density at radius 1 is 1.24 bits per heavy atom. The summed E-state index contributed by atoms with van der Waals surface area (Å²) >= 11 is 5.90. The third-order valence-electron chi connectivity index (χ3n) is 5.77. The lowest BCUT2D eigenvalue weighted by Gasteiger charge is -2.23. The van der Waals surface area contributed by atoms with Crippen LogP contribution in [-0.4, -0.2) is 37.5 Å². The first-order valence-electron chi connectivity index (χ1n) is 8.67. The first-order valence-corrected chi connectivity index (χ1v) is 9.05. The highest BCUT2D eigenvalue weighted by Gasteiger charge is 2.58. The summed E-state index contributed by atoms with van der Waals surface area (Å²) in [5.41, 5.74) is 1.04. The van der Waals surface area contributed by atoms with E-state index in [-0.39, 0.29) is 35.6 Å². The van der Waals surface area contributed by atoms with Crippen LogP contribution < -0.4 is 15.5 Å². The zero-order valence-electron chi connectivity index (χ0n) is 14.0. The first-order chi connectivity index (χ1) is 11.6. The van der Waals surface area contributed by atoms with Crippen molar-refractivity contribution in [2.75, 3.05) is 24.5 Å². The Hall–Kier alpha value is -1.30. The molecule has 4 rings (SSSR count). The van der Waals surface area contributed by atoms with Gasteiger partial charge in [-0.15, -0.1) is 12.4 Å². The fraction of sp³-hybridized carbons (Fsp3) is 0.556. The monoisotopic (exact) mass is 383 g/mol. The molecule has 1 aliphatic carbocycles. The van der Waals surface area contributed by atoms with Crippen LogP contribution in [0.15, 0.2) is 24.3 Å². The molecule has 1 aromatic rings. The van der Waals surface area contributed by atoms with Crippen LogP contribution in [0.4, 0.5) is 5.69 Å². The number of hydrogen-bond acceptors (Lipinski definition) is 3. The third kappa shape index (κ3) is 3.50. The number of carbonyl (C=O) groups is 2. The fourth-order valence-corrected chi connectivity index (χ4v) is 4.29. The molecule has 2 unspecified atom stereocenters. The SMILES string of the molecule is Cl.O=C(NC1CCN(c2ccc(Cl)cc2)C1=O)C1CC12CCNCC2. The Bertz CT molecular complexity index is 659. The lowest BCUT2D eigenvalue weighted by Crippen LogP contribution is -2.43. The van der Waals surface area contributed by atoms with Crippen LogP contribution in [0.3, 0.4) is 0 Å². The van der Waals surface area contributed by atoms with Crippen molar-refractivity contribution in [2.45, 2.75) is 31.7 Å². The van der Waals surface area contributed by atoms with E-state index < -0.39 is 6.04 Å². The summed E-state index contributed by atoms with van der Waals surface area (Å²) < 4.78 is 0. The second-order valence-corrected chi connectivity index (χ2v) is 7.62. The molecule has 2 saturated heterocycles. The van der Waals surface area contributed by atoms with E-state index in [9.17, 15) is 9.59 Å². The molecule has 1 saturated carbocycles. The Labute approximate surface area is 158 Å². The van der Waals surface area contributed by atoms with Gasteiger partial charge in [-0.05, 0) is 68.5 Å². The highest BCUT2D eigenvalue weighted by molar-refractivity contribution is 6.30. The van der Waals surface area contributed by atoms with Crippen LogP contribution in [-0.2, 0) is 9.59 Å². The molecule has 0 bridgehead atoms. The lowest BCUT2D eigenvalue weighted by atomic mass is 9.91. The fourth-order valence-electron chi connectivity index (χ4n) is 4.16. The lowest BCUT2D eigenvalue weighted by molar-refractivity contribution is -0.127. The molecular formula is C18H23Cl2N3O2. The number of nitrogens with one attached hydrogen (secondary N) is 2. The van der Waals surface area contributed by atoms with E-state index in [4.69, 9.17) is 11.6 Å². The summed E-state index contributed by atoms with van der Waals surface area (Å²) in [6.45, 7) is 2.62. The molecule has 5 nitrogen and oxygen atoms in total. The molecule has 0 radical (unpaired) electrons. The summed E-state index contributed by atoms with van der Waals surface area (Å²) in [5, 5.41) is 6.99. The van der Waals surface area contributed by atoms with Crippen LogP contribution in [0.25, 0.3) is 0 Å². The molecule has 1 aromatic carbocycles. The second-order valence-electron chi connectivity index (χ2n) is 7.19. The van der Waals surface area contributed by atoms with Gasteiger partial charge in [0.05, 0.1) is 0 Å². The van der Waals surface area contributed by atoms with E-state index in [1.165, 1.54) is 0 Å². The van der Waals surface area contributed by atoms with Gasteiger partial charge in [0.25, 0.3) is 0 Å². The molecule has 1 spiro atoms. The largest absolute Gasteiger partial charge is 0.344 e. The number of rotatable bonds is 3. The number of amides is 2. The maximum Gasteiger partial charge on any atom is 0.249 e. The number of benzene rings is 1. The van der Waals surface area contributed by atoms with Crippen molar-refractivity contribution in [1.29, 1.82) is 0 Å². The van der Waals surface area contributed by atoms with Crippen LogP contribution in [0.5, 0.6) is 0 Å². The number of nitrogens with zero attached hydrogens (tertiary/aromatic N) is 1. The molecule has 3 fully saturated rings. The molecule has 2 heterocycles. The van der Waals surface area contributed by atoms with Crippen molar-refractivity contribution in [3.63, 3.8) is 0 Å². The van der Waals surface area contributed by atoms with Crippen LogP contribution in [0.2, 0.25) is 5.02 Å². The van der Waals surface area contributed by atoms with Gasteiger partial charge in [0.1, 0.15) is 6.04 Å². The van der Waals surface area contributed by atoms with Crippen LogP contribution in [0, 0.1) is 11.3 Å². The minimum Gasteiger partial charge on any atom is -0.344 e. The van der Waals surface area contributed by atoms with Gasteiger partial charge in [0.2, 0.25) is 11.8 Å². The zero-order valence-corrected chi connectivity index (χ0v) is 15.5. The van der Waals surface area contributed by atoms with Gasteiger partial charge in [0, 0.05) is 23.2 Å². The number of piperidine rings is 1. The normalized spacial score (nSPS) is 27.1. The van der Waals surface area contributed by atoms with Crippen molar-refractivity contribution in [3.8, 4) is 0 Å². The van der Waals surface area contributed by atoms with Gasteiger partial charge < -0.3 is 15.5 Å². The first kappa shape index (κ1) is 18.5. The minimum atomic E-state index is -0.396. The Kier molecular flexibility index (Phi) is 5.28. The zero-order chi connectivity index (χ0) is 16.7. The molecule has 2 aliphatic heterocycles. The van der Waals surface area contributed by atoms with Crippen molar-refractivity contribution in [1.82, 2.24) is 10.6 Å². The van der Waals surface area contributed by atoms with Gasteiger partial charge >= 0.3 is 0 Å². The molecular weight excluding hydrogens is 361 g/mol. The van der Waals surface area contributed by atoms with Crippen LogP contribution in [0.1, 0.15) is 25.7 Å². The molecule has 2 amide bonds. The molecule has 2 N–H and O–H groups in total. The summed E-state index contributed by atoms with van der Waals surface area (Å²) in [5.74, 6) is 0.135. The van der Waals surface area contributed by atoms with Crippen LogP contribution >= 0.6 is 24.0 Å². The summed E-state index contributed by atoms with van der Waals surface area (Å²) in [6.07, 6.45) is 3.78. The number of hydrogen-bond donors (Lipinski definition) is 2. The topological polar surface area (TPSA) is 61.4 Å². The Balaban J connectivity index is 0.00000182. The maximum atomic E-state index is 12.6. The molecule has 2 atom stereocenters. The van der Waals surface area contributed by atoms with E-state index in [1.807, 2.05) is 12.1 Å². The van der Waals surface area contributed by atoms with Gasteiger partial charge in [-0.2, -0.15) is 0 Å². The quantitative estimate of drug-likeness (QED) is 0.841. The molecule has 0 aromatic heterocycles. The highest BCUT2D eigenvalue weighted by atomic mass is 35.5. The van der Waals surface area contributed by atoms with Crippen molar-refractivity contribution < 1.29 is 9.59 Å². The molecule has 136 valence electrons. The van der Waals surface area contributed by atoms with Gasteiger partial charge in [-0.25, -0.2) is 0 Å². The average Bonchev–Trinajstić information content (AvgIpc) is 3.16. The van der Waals surface area contributed by atoms with E-state index in [2.05, 4.69) is 10.6 Å². The van der Waals surface area contributed by atoms with Gasteiger partial charge in [-0.1, -0.05) is 11.6 Å². The minimum absolute atomic E-state index is 0. The van der Waals surface area contributed by atoms with E-state index in [0.29, 0.717) is 18.0 Å². The second kappa shape index (κ2) is 7.14. The molecule has 3 aliphatic rings. The average molecular weight is 384 g/mol. The van der Waals surface area contributed by atoms with Gasteiger partial charge in [0.15, 0.2) is 0 Å². The Morgan fingerprint density at radius 3 is 2.60 bits per heavy atom. The standard InChI is InChI=1S/C18H22ClN3O2.ClH/c19-12-1-3-13(4-2-12)22-10-5-15(17(22)24)21-16(23)14-11-18(14)6-8-20-9-7-18;/h1-4,14-15,20H,5-11H2,(H,21,23);1H. The molecule has 7 heteroatoms. The smallest absolute Gasteiger partial charge is 0.249 e. The van der Waals surface area contributed by atoms with E-state index in [1.54, 1.807) is 17.0 Å². The highest BCUT2D eigenvalue weighted by Crippen LogP contribution is 2.58. The number of anilines is 1. The number of carbonyl (C=O) groups excluding carboxylic acids is 2. The van der Waals surface area contributed by atoms with Crippen molar-refractivity contribution >= 4 is 41.5 Å². The maximum absolute atomic E-state index is 12.6. The predicted octanol–water partition coefficient (Wildman–Crippen LogP) is 2.37. The van der Waals surface area contributed by atoms with Crippen molar-refractivity contribution in [3.05, 3.63) is 29.3 Å². The summed E-state index contributed by atoms with van der Waals surface area (Å²) in [7, 11) is 0. The van der Waals surface area contributed by atoms with Gasteiger partial charge in [-0.3, -0.25) is 9.59 Å².